The minimum atomic E-state index is -1.52. The molecule has 10 atom stereocenters. The fourth-order valence-electron chi connectivity index (χ4n) is 6.73. The number of hydrogen-bond acceptors (Lipinski definition) is 11. The second-order valence-electron chi connectivity index (χ2n) is 16.3. The maximum absolute atomic E-state index is 14.2. The van der Waals surface area contributed by atoms with Crippen molar-refractivity contribution in [2.24, 2.45) is 17.6 Å². The van der Waals surface area contributed by atoms with Crippen molar-refractivity contribution in [3.8, 4) is 5.75 Å². The van der Waals surface area contributed by atoms with E-state index in [1.807, 2.05) is 13.8 Å². The zero-order valence-electron chi connectivity index (χ0n) is 36.7. The van der Waals surface area contributed by atoms with Crippen molar-refractivity contribution in [2.75, 3.05) is 0 Å². The summed E-state index contributed by atoms with van der Waals surface area (Å²) < 4.78 is 6.07. The minimum Gasteiger partial charge on any atom is -0.508 e. The number of aromatic hydroxyl groups is 1. The standard InChI is InChI=1S/C43H69N7O11/c1-8-10-11-12-13-14-15-25(4)33-23-35(54)49-37(28(7)51)42(59)46-26(5)38(55)45-27(6)39(56)47-31(20-21-34(44)53)40(57)48-32(22-29-16-18-30(52)19-17-29)41(58)50-36(24(3)9-2)43(60)61-33/h16-19,24-28,31-33,36-37,51-52H,8-15,20-23H2,1-7H3,(H2,44,53)(H,45,55)(H,46,59)(H,47,56)(H,48,57)(H,49,54)(H,50,58)/t24?,25-,26+,27-,28-,31+,32-,33+,36+,37-/m1/s1. The molecule has 0 bridgehead atoms. The Balaban J connectivity index is 2.65. The van der Waals surface area contributed by atoms with Crippen molar-refractivity contribution in [3.05, 3.63) is 29.8 Å². The van der Waals surface area contributed by atoms with Crippen LogP contribution in [0.3, 0.4) is 0 Å². The van der Waals surface area contributed by atoms with Crippen LogP contribution in [-0.4, -0.2) is 106 Å². The van der Waals surface area contributed by atoms with Crippen LogP contribution in [-0.2, 0) is 49.5 Å². The molecule has 0 saturated carbocycles. The molecule has 1 saturated heterocycles. The molecule has 2 rings (SSSR count). The number of aliphatic hydroxyl groups is 1. The number of nitrogens with one attached hydrogen (secondary N) is 6. The molecule has 1 aliphatic rings. The first-order chi connectivity index (χ1) is 28.8. The summed E-state index contributed by atoms with van der Waals surface area (Å²) in [6.07, 6.45) is 3.47. The number of primary amides is 1. The van der Waals surface area contributed by atoms with Gasteiger partial charge in [-0.3, -0.25) is 33.6 Å². The minimum absolute atomic E-state index is 0.0399. The van der Waals surface area contributed by atoms with Gasteiger partial charge in [-0.15, -0.1) is 0 Å². The smallest absolute Gasteiger partial charge is 0.329 e. The maximum atomic E-state index is 14.2. The second-order valence-corrected chi connectivity index (χ2v) is 16.3. The highest BCUT2D eigenvalue weighted by Gasteiger charge is 2.37. The van der Waals surface area contributed by atoms with Crippen molar-refractivity contribution < 1.29 is 53.3 Å². The van der Waals surface area contributed by atoms with Crippen molar-refractivity contribution in [1.82, 2.24) is 31.9 Å². The summed E-state index contributed by atoms with van der Waals surface area (Å²) in [6.45, 7) is 11.4. The SMILES string of the molecule is CCCCCCCC[C@@H](C)[C@@H]1CC(=O)N[C@H]([C@@H](C)O)C(=O)N[C@@H](C)C(=O)N[C@H](C)C(=O)N[C@@H](CCC(N)=O)C(=O)N[C@H](Cc2ccc(O)cc2)C(=O)N[C@@H](C(C)CC)C(=O)O1. The molecule has 7 amide bonds. The van der Waals surface area contributed by atoms with Gasteiger partial charge in [0.05, 0.1) is 12.5 Å². The zero-order chi connectivity index (χ0) is 45.8. The summed E-state index contributed by atoms with van der Waals surface area (Å²) in [7, 11) is 0. The van der Waals surface area contributed by atoms with Crippen LogP contribution in [0.5, 0.6) is 5.75 Å². The van der Waals surface area contributed by atoms with E-state index in [1.165, 1.54) is 32.9 Å². The molecule has 61 heavy (non-hydrogen) atoms. The van der Waals surface area contributed by atoms with Crippen LogP contribution in [0.2, 0.25) is 0 Å². The monoisotopic (exact) mass is 860 g/mol. The topological polar surface area (TPSA) is 284 Å². The molecule has 0 aromatic heterocycles. The maximum Gasteiger partial charge on any atom is 0.329 e. The molecule has 1 fully saturated rings. The summed E-state index contributed by atoms with van der Waals surface area (Å²) in [4.78, 5) is 108. The first-order valence-corrected chi connectivity index (χ1v) is 21.5. The van der Waals surface area contributed by atoms with Crippen LogP contribution in [0.25, 0.3) is 0 Å². The van der Waals surface area contributed by atoms with Gasteiger partial charge in [-0.05, 0) is 63.1 Å². The Kier molecular flexibility index (Phi) is 22.2. The highest BCUT2D eigenvalue weighted by Crippen LogP contribution is 2.22. The second kappa shape index (κ2) is 26.2. The Bertz CT molecular complexity index is 1640. The van der Waals surface area contributed by atoms with Crippen LogP contribution < -0.4 is 37.6 Å². The molecule has 18 heteroatoms. The lowest BCUT2D eigenvalue weighted by atomic mass is 9.93. The quantitative estimate of drug-likeness (QED) is 0.0843. The largest absolute Gasteiger partial charge is 0.508 e. The third-order valence-electron chi connectivity index (χ3n) is 11.0. The van der Waals surface area contributed by atoms with Gasteiger partial charge in [-0.1, -0.05) is 84.8 Å². The van der Waals surface area contributed by atoms with E-state index in [4.69, 9.17) is 10.5 Å². The highest BCUT2D eigenvalue weighted by molar-refractivity contribution is 5.97. The number of amides is 7. The van der Waals surface area contributed by atoms with Crippen LogP contribution in [0.4, 0.5) is 0 Å². The van der Waals surface area contributed by atoms with E-state index in [0.29, 0.717) is 18.4 Å². The number of ether oxygens (including phenoxy) is 1. The number of phenolic OH excluding ortho intramolecular Hbond substituents is 1. The van der Waals surface area contributed by atoms with E-state index in [9.17, 15) is 48.6 Å². The predicted octanol–water partition coefficient (Wildman–Crippen LogP) is 1.28. The molecule has 0 radical (unpaired) electrons. The number of unbranched alkanes of at least 4 members (excludes halogenated alkanes) is 5. The average molecular weight is 860 g/mol. The molecule has 0 aliphatic carbocycles. The third kappa shape index (κ3) is 18.1. The van der Waals surface area contributed by atoms with Crippen LogP contribution in [0.1, 0.15) is 125 Å². The van der Waals surface area contributed by atoms with E-state index >= 15 is 0 Å². The first kappa shape index (κ1) is 51.9. The summed E-state index contributed by atoms with van der Waals surface area (Å²) in [5, 5.41) is 35.7. The highest BCUT2D eigenvalue weighted by atomic mass is 16.5. The van der Waals surface area contributed by atoms with Gasteiger partial charge >= 0.3 is 5.97 Å². The van der Waals surface area contributed by atoms with Crippen molar-refractivity contribution in [1.29, 1.82) is 0 Å². The Morgan fingerprint density at radius 2 is 1.28 bits per heavy atom. The Labute approximate surface area is 359 Å². The van der Waals surface area contributed by atoms with Gasteiger partial charge in [0, 0.05) is 12.8 Å². The molecule has 342 valence electrons. The number of carbonyl (C=O) groups excluding carboxylic acids is 8. The number of aliphatic hydroxyl groups excluding tert-OH is 1. The van der Waals surface area contributed by atoms with Gasteiger partial charge in [0.15, 0.2) is 0 Å². The van der Waals surface area contributed by atoms with Crippen LogP contribution in [0.15, 0.2) is 24.3 Å². The van der Waals surface area contributed by atoms with Gasteiger partial charge in [0.25, 0.3) is 0 Å². The summed E-state index contributed by atoms with van der Waals surface area (Å²) >= 11 is 0. The Hall–Kier alpha value is -5.26. The van der Waals surface area contributed by atoms with E-state index in [2.05, 4.69) is 38.8 Å². The number of rotatable bonds is 16. The van der Waals surface area contributed by atoms with Gasteiger partial charge in [0.1, 0.15) is 48.1 Å². The molecule has 1 aromatic rings. The molecule has 0 spiro atoms. The molecular formula is C43H69N7O11. The fourth-order valence-corrected chi connectivity index (χ4v) is 6.73. The summed E-state index contributed by atoms with van der Waals surface area (Å²) in [5.41, 5.74) is 5.89. The van der Waals surface area contributed by atoms with Gasteiger partial charge in [-0.2, -0.15) is 0 Å². The molecule has 1 heterocycles. The van der Waals surface area contributed by atoms with Gasteiger partial charge in [-0.25, -0.2) is 4.79 Å². The number of phenols is 1. The summed E-state index contributed by atoms with van der Waals surface area (Å²) in [6, 6.07) is -2.24. The van der Waals surface area contributed by atoms with Crippen molar-refractivity contribution in [3.63, 3.8) is 0 Å². The third-order valence-corrected chi connectivity index (χ3v) is 11.0. The zero-order valence-corrected chi connectivity index (χ0v) is 36.7. The number of esters is 1. The lowest BCUT2D eigenvalue weighted by Crippen LogP contribution is -2.60. The normalized spacial score (nSPS) is 25.7. The molecule has 10 N–H and O–H groups in total. The van der Waals surface area contributed by atoms with Crippen LogP contribution >= 0.6 is 0 Å². The molecule has 1 unspecified atom stereocenters. The lowest BCUT2D eigenvalue weighted by Gasteiger charge is -2.31. The molecule has 18 nitrogen and oxygen atoms in total. The summed E-state index contributed by atoms with van der Waals surface area (Å²) in [5.74, 6) is -7.45. The molecule has 1 aliphatic heterocycles. The van der Waals surface area contributed by atoms with E-state index in [0.717, 1.165) is 38.5 Å². The number of benzene rings is 1. The molecular weight excluding hydrogens is 791 g/mol. The Morgan fingerprint density at radius 3 is 1.87 bits per heavy atom. The number of nitrogens with two attached hydrogens (primary N) is 1. The Morgan fingerprint density at radius 1 is 0.721 bits per heavy atom. The number of hydrogen-bond donors (Lipinski definition) is 9. The van der Waals surface area contributed by atoms with Crippen molar-refractivity contribution >= 4 is 47.3 Å². The van der Waals surface area contributed by atoms with Gasteiger partial charge in [0.2, 0.25) is 41.4 Å². The average Bonchev–Trinajstić information content (AvgIpc) is 3.20. The first-order valence-electron chi connectivity index (χ1n) is 21.5. The molecule has 1 aromatic carbocycles. The fraction of sp³-hybridized carbons (Fsp3) is 0.674. The number of carbonyl (C=O) groups is 8. The van der Waals surface area contributed by atoms with Gasteiger partial charge < -0.3 is 52.6 Å². The van der Waals surface area contributed by atoms with E-state index in [1.54, 1.807) is 19.1 Å². The predicted molar refractivity (Wildman–Crippen MR) is 226 cm³/mol. The van der Waals surface area contributed by atoms with E-state index < -0.39 is 108 Å². The number of cyclic esters (lactones) is 1. The van der Waals surface area contributed by atoms with Crippen LogP contribution in [0, 0.1) is 11.8 Å². The van der Waals surface area contributed by atoms with E-state index in [-0.39, 0.29) is 30.9 Å². The lowest BCUT2D eigenvalue weighted by molar-refractivity contribution is -0.159. The van der Waals surface area contributed by atoms with Crippen molar-refractivity contribution in [2.45, 2.75) is 174 Å².